The van der Waals surface area contributed by atoms with Gasteiger partial charge in [0.15, 0.2) is 0 Å². The SMILES string of the molecule is Nc1cc(OCCO)c(/N=N/c2ccc(S(=O)(=O)O)c3cc(S(=O)(=O)O)cc(O)c23)cc1OCCO. The molecule has 0 aliphatic carbocycles. The number of ether oxygens (including phenoxy) is 2. The van der Waals surface area contributed by atoms with Crippen molar-refractivity contribution >= 4 is 48.1 Å². The maximum Gasteiger partial charge on any atom is 0.295 e. The second-order valence-corrected chi connectivity index (χ2v) is 9.91. The van der Waals surface area contributed by atoms with Crippen LogP contribution in [0.5, 0.6) is 17.2 Å². The second kappa shape index (κ2) is 10.6. The Kier molecular flexibility index (Phi) is 7.97. The largest absolute Gasteiger partial charge is 0.507 e. The van der Waals surface area contributed by atoms with Crippen LogP contribution in [0.4, 0.5) is 17.1 Å². The summed E-state index contributed by atoms with van der Waals surface area (Å²) >= 11 is 0. The smallest absolute Gasteiger partial charge is 0.295 e. The number of nitrogens with zero attached hydrogens (tertiary/aromatic N) is 2. The Morgan fingerprint density at radius 1 is 0.806 bits per heavy atom. The van der Waals surface area contributed by atoms with E-state index in [1.807, 2.05) is 0 Å². The number of aliphatic hydroxyl groups is 2. The first-order valence-electron chi connectivity index (χ1n) is 9.94. The minimum absolute atomic E-state index is 0.0339. The molecule has 0 saturated carbocycles. The van der Waals surface area contributed by atoms with Crippen LogP contribution < -0.4 is 15.2 Å². The summed E-state index contributed by atoms with van der Waals surface area (Å²) in [6, 6.07) is 6.08. The molecule has 16 heteroatoms. The molecule has 0 aromatic heterocycles. The van der Waals surface area contributed by atoms with E-state index in [-0.39, 0.29) is 60.4 Å². The predicted octanol–water partition coefficient (Wildman–Crippen LogP) is 1.78. The summed E-state index contributed by atoms with van der Waals surface area (Å²) in [5.74, 6) is -0.569. The van der Waals surface area contributed by atoms with Crippen molar-refractivity contribution in [3.8, 4) is 17.2 Å². The lowest BCUT2D eigenvalue weighted by molar-refractivity contribution is 0.199. The molecule has 0 heterocycles. The summed E-state index contributed by atoms with van der Waals surface area (Å²) in [6.45, 7) is -0.825. The number of azo groups is 1. The number of rotatable bonds is 10. The lowest BCUT2D eigenvalue weighted by atomic mass is 10.1. The van der Waals surface area contributed by atoms with Crippen LogP contribution >= 0.6 is 0 Å². The molecule has 0 saturated heterocycles. The molecule has 0 fully saturated rings. The van der Waals surface area contributed by atoms with E-state index in [2.05, 4.69) is 10.2 Å². The topological polar surface area (TPSA) is 239 Å². The summed E-state index contributed by atoms with van der Waals surface area (Å²) in [6.07, 6.45) is 0. The number of nitrogens with two attached hydrogens (primary N) is 1. The van der Waals surface area contributed by atoms with Crippen LogP contribution in [-0.2, 0) is 20.2 Å². The van der Waals surface area contributed by atoms with E-state index in [1.165, 1.54) is 12.1 Å². The summed E-state index contributed by atoms with van der Waals surface area (Å²) in [5.41, 5.74) is 5.92. The van der Waals surface area contributed by atoms with Gasteiger partial charge in [0.2, 0.25) is 0 Å². The van der Waals surface area contributed by atoms with Crippen LogP contribution in [0, 0.1) is 0 Å². The molecule has 0 bridgehead atoms. The summed E-state index contributed by atoms with van der Waals surface area (Å²) < 4.78 is 76.4. The first-order valence-corrected chi connectivity index (χ1v) is 12.8. The molecule has 3 aromatic rings. The van der Waals surface area contributed by atoms with Crippen molar-refractivity contribution in [3.05, 3.63) is 36.4 Å². The molecule has 0 aliphatic heterocycles. The van der Waals surface area contributed by atoms with E-state index < -0.39 is 41.2 Å². The molecule has 0 unspecified atom stereocenters. The predicted molar refractivity (Wildman–Crippen MR) is 125 cm³/mol. The Morgan fingerprint density at radius 3 is 2.00 bits per heavy atom. The second-order valence-electron chi connectivity index (χ2n) is 7.10. The number of benzene rings is 3. The summed E-state index contributed by atoms with van der Waals surface area (Å²) in [7, 11) is -9.73. The van der Waals surface area contributed by atoms with Crippen molar-refractivity contribution in [2.24, 2.45) is 10.2 Å². The van der Waals surface area contributed by atoms with Crippen molar-refractivity contribution < 1.29 is 50.7 Å². The summed E-state index contributed by atoms with van der Waals surface area (Å²) in [4.78, 5) is -1.58. The monoisotopic (exact) mass is 543 g/mol. The van der Waals surface area contributed by atoms with Gasteiger partial charge >= 0.3 is 0 Å². The molecule has 0 atom stereocenters. The van der Waals surface area contributed by atoms with Gasteiger partial charge in [-0.2, -0.15) is 16.8 Å². The molecule has 3 rings (SSSR count). The minimum Gasteiger partial charge on any atom is -0.507 e. The van der Waals surface area contributed by atoms with Gasteiger partial charge in [0.1, 0.15) is 41.0 Å². The van der Waals surface area contributed by atoms with Gasteiger partial charge < -0.3 is 30.5 Å². The number of phenolic OH excluding ortho intramolecular Hbond substituents is 1. The number of nitrogen functional groups attached to an aromatic ring is 1. The van der Waals surface area contributed by atoms with Gasteiger partial charge in [0, 0.05) is 23.6 Å². The lowest BCUT2D eigenvalue weighted by Crippen LogP contribution is -2.05. The van der Waals surface area contributed by atoms with Crippen LogP contribution in [-0.4, -0.2) is 67.7 Å². The number of fused-ring (bicyclic) bond motifs is 1. The van der Waals surface area contributed by atoms with Gasteiger partial charge in [-0.05, 0) is 18.2 Å². The fourth-order valence-electron chi connectivity index (χ4n) is 3.15. The molecule has 0 spiro atoms. The highest BCUT2D eigenvalue weighted by Crippen LogP contribution is 2.42. The Labute approximate surface area is 204 Å². The number of phenols is 1. The summed E-state index contributed by atoms with van der Waals surface area (Å²) in [5, 5.41) is 35.8. The van der Waals surface area contributed by atoms with Gasteiger partial charge in [0.05, 0.1) is 34.9 Å². The molecule has 0 aliphatic rings. The molecule has 0 amide bonds. The van der Waals surface area contributed by atoms with Crippen molar-refractivity contribution in [1.82, 2.24) is 0 Å². The first kappa shape index (κ1) is 27.1. The third-order valence-electron chi connectivity index (χ3n) is 4.64. The zero-order valence-corrected chi connectivity index (χ0v) is 19.9. The van der Waals surface area contributed by atoms with E-state index >= 15 is 0 Å². The van der Waals surface area contributed by atoms with Gasteiger partial charge in [-0.3, -0.25) is 9.11 Å². The minimum atomic E-state index is -4.88. The van der Waals surface area contributed by atoms with E-state index in [9.17, 15) is 31.0 Å². The van der Waals surface area contributed by atoms with Crippen LogP contribution in [0.3, 0.4) is 0 Å². The van der Waals surface area contributed by atoms with E-state index in [4.69, 9.17) is 25.4 Å². The Morgan fingerprint density at radius 2 is 1.42 bits per heavy atom. The average Bonchev–Trinajstić information content (AvgIpc) is 2.79. The number of hydrogen-bond donors (Lipinski definition) is 6. The maximum atomic E-state index is 11.8. The van der Waals surface area contributed by atoms with E-state index in [0.717, 1.165) is 18.2 Å². The quantitative estimate of drug-likeness (QED) is 0.122. The fourth-order valence-corrected chi connectivity index (χ4v) is 4.36. The Balaban J connectivity index is 2.23. The third kappa shape index (κ3) is 5.99. The zero-order chi connectivity index (χ0) is 26.7. The highest BCUT2D eigenvalue weighted by Gasteiger charge is 2.22. The molecule has 194 valence electrons. The van der Waals surface area contributed by atoms with Crippen molar-refractivity contribution in [3.63, 3.8) is 0 Å². The highest BCUT2D eigenvalue weighted by molar-refractivity contribution is 7.86. The molecule has 7 N–H and O–H groups in total. The van der Waals surface area contributed by atoms with Crippen molar-refractivity contribution in [1.29, 1.82) is 0 Å². The molecule has 0 radical (unpaired) electrons. The standard InChI is InChI=1S/C20H21N3O11S2/c21-13-9-18(34-6-4-25)15(10-17(13)33-5-3-24)23-22-14-1-2-19(36(30,31)32)12-7-11(35(27,28)29)8-16(26)20(12)14/h1-2,7-10,24-26H,3-6,21H2,(H,27,28,29)(H,30,31,32)/b23-22+. The van der Waals surface area contributed by atoms with Crippen molar-refractivity contribution in [2.45, 2.75) is 9.79 Å². The zero-order valence-electron chi connectivity index (χ0n) is 18.3. The van der Waals surface area contributed by atoms with Crippen molar-refractivity contribution in [2.75, 3.05) is 32.2 Å². The lowest BCUT2D eigenvalue weighted by Gasteiger charge is -2.13. The molecular formula is C20H21N3O11S2. The van der Waals surface area contributed by atoms with Crippen LogP contribution in [0.25, 0.3) is 10.8 Å². The number of anilines is 1. The maximum absolute atomic E-state index is 11.8. The number of hydrogen-bond acceptors (Lipinski definition) is 12. The van der Waals surface area contributed by atoms with Crippen LogP contribution in [0.15, 0.2) is 56.4 Å². The average molecular weight is 544 g/mol. The fraction of sp³-hybridized carbons (Fsp3) is 0.200. The van der Waals surface area contributed by atoms with E-state index in [1.54, 1.807) is 0 Å². The third-order valence-corrected chi connectivity index (χ3v) is 6.38. The molecular weight excluding hydrogens is 522 g/mol. The first-order chi connectivity index (χ1) is 16.9. The van der Waals surface area contributed by atoms with Crippen LogP contribution in [0.2, 0.25) is 0 Å². The van der Waals surface area contributed by atoms with Gasteiger partial charge in [-0.25, -0.2) is 0 Å². The number of aliphatic hydroxyl groups excluding tert-OH is 2. The van der Waals surface area contributed by atoms with Gasteiger partial charge in [0.25, 0.3) is 20.2 Å². The Bertz CT molecular complexity index is 1540. The number of aromatic hydroxyl groups is 1. The normalized spacial score (nSPS) is 12.3. The van der Waals surface area contributed by atoms with Gasteiger partial charge in [-0.15, -0.1) is 10.2 Å². The molecule has 36 heavy (non-hydrogen) atoms. The molecule has 14 nitrogen and oxygen atoms in total. The van der Waals surface area contributed by atoms with Crippen LogP contribution in [0.1, 0.15) is 0 Å². The van der Waals surface area contributed by atoms with E-state index in [0.29, 0.717) is 6.07 Å². The van der Waals surface area contributed by atoms with Gasteiger partial charge in [-0.1, -0.05) is 0 Å². The Hall–Kier alpha value is -3.54. The highest BCUT2D eigenvalue weighted by atomic mass is 32.2. The molecule has 3 aromatic carbocycles.